The quantitative estimate of drug-likeness (QED) is 0.812. The van der Waals surface area contributed by atoms with Gasteiger partial charge < -0.3 is 10.1 Å². The summed E-state index contributed by atoms with van der Waals surface area (Å²) >= 11 is 3.43. The molecule has 2 aromatic carbocycles. The zero-order chi connectivity index (χ0) is 16.6. The minimum absolute atomic E-state index is 0.343. The number of nitrogens with one attached hydrogen (secondary N) is 1. The van der Waals surface area contributed by atoms with Gasteiger partial charge in [-0.1, -0.05) is 24.3 Å². The molecule has 23 heavy (non-hydrogen) atoms. The molecule has 3 rings (SSSR count). The molecule has 0 bridgehead atoms. The van der Waals surface area contributed by atoms with Crippen LogP contribution in [0.15, 0.2) is 46.9 Å². The summed E-state index contributed by atoms with van der Waals surface area (Å²) in [5.74, 6) is -0.808. The third kappa shape index (κ3) is 3.01. The maximum absolute atomic E-state index is 12.7. The van der Waals surface area contributed by atoms with Crippen LogP contribution in [0, 0.1) is 6.92 Å². The van der Waals surface area contributed by atoms with E-state index in [4.69, 9.17) is 4.74 Å². The monoisotopic (exact) mass is 373 g/mol. The molecule has 0 saturated carbocycles. The Balaban J connectivity index is 1.86. The second-order valence-electron chi connectivity index (χ2n) is 5.89. The van der Waals surface area contributed by atoms with E-state index in [1.54, 1.807) is 19.1 Å². The molecular weight excluding hydrogens is 358 g/mol. The molecule has 1 unspecified atom stereocenters. The first-order valence-electron chi connectivity index (χ1n) is 7.28. The fourth-order valence-corrected chi connectivity index (χ4v) is 3.23. The Hall–Kier alpha value is -2.14. The lowest BCUT2D eigenvalue weighted by molar-refractivity contribution is -0.134. The van der Waals surface area contributed by atoms with Crippen molar-refractivity contribution in [2.24, 2.45) is 0 Å². The van der Waals surface area contributed by atoms with Crippen molar-refractivity contribution in [1.29, 1.82) is 0 Å². The summed E-state index contributed by atoms with van der Waals surface area (Å²) in [5, 5.41) is 2.84. The van der Waals surface area contributed by atoms with Gasteiger partial charge >= 0.3 is 5.97 Å². The van der Waals surface area contributed by atoms with Crippen molar-refractivity contribution >= 4 is 33.5 Å². The van der Waals surface area contributed by atoms with Gasteiger partial charge in [0.15, 0.2) is 5.60 Å². The highest BCUT2D eigenvalue weighted by Crippen LogP contribution is 2.30. The Kier molecular flexibility index (Phi) is 3.98. The van der Waals surface area contributed by atoms with Crippen molar-refractivity contribution in [3.63, 3.8) is 0 Å². The Labute approximate surface area is 143 Å². The van der Waals surface area contributed by atoms with Gasteiger partial charge in [-0.3, -0.25) is 4.79 Å². The summed E-state index contributed by atoms with van der Waals surface area (Å²) in [6, 6.07) is 12.8. The standard InChI is InChI=1S/C18H16BrNO3/c1-11-7-8-15(14(19)9-11)20-17(22)18(2)10-12-5-3-4-6-13(12)16(21)23-18/h3-9H,10H2,1-2H3,(H,20,22). The van der Waals surface area contributed by atoms with Crippen LogP contribution in [0.3, 0.4) is 0 Å². The first kappa shape index (κ1) is 15.7. The largest absolute Gasteiger partial charge is 0.445 e. The number of benzene rings is 2. The van der Waals surface area contributed by atoms with Crippen LogP contribution in [0.1, 0.15) is 28.4 Å². The summed E-state index contributed by atoms with van der Waals surface area (Å²) in [4.78, 5) is 24.8. The zero-order valence-corrected chi connectivity index (χ0v) is 14.4. The summed E-state index contributed by atoms with van der Waals surface area (Å²) in [6.07, 6.45) is 0.351. The van der Waals surface area contributed by atoms with E-state index in [0.29, 0.717) is 17.7 Å². The molecule has 0 aliphatic carbocycles. The van der Waals surface area contributed by atoms with E-state index in [0.717, 1.165) is 15.6 Å². The van der Waals surface area contributed by atoms with Gasteiger partial charge in [-0.05, 0) is 59.1 Å². The molecular formula is C18H16BrNO3. The second-order valence-corrected chi connectivity index (χ2v) is 6.75. The molecule has 118 valence electrons. The average molecular weight is 374 g/mol. The number of esters is 1. The lowest BCUT2D eigenvalue weighted by Crippen LogP contribution is -2.48. The number of cyclic esters (lactones) is 1. The van der Waals surface area contributed by atoms with Gasteiger partial charge in [0.05, 0.1) is 11.3 Å². The molecule has 4 nitrogen and oxygen atoms in total. The number of fused-ring (bicyclic) bond motifs is 1. The van der Waals surface area contributed by atoms with Crippen LogP contribution in [-0.4, -0.2) is 17.5 Å². The van der Waals surface area contributed by atoms with Crippen LogP contribution >= 0.6 is 15.9 Å². The number of carbonyl (C=O) groups is 2. The van der Waals surface area contributed by atoms with Gasteiger partial charge in [0.2, 0.25) is 0 Å². The van der Waals surface area contributed by atoms with Crippen molar-refractivity contribution in [2.45, 2.75) is 25.9 Å². The average Bonchev–Trinajstić information content (AvgIpc) is 2.50. The molecule has 0 saturated heterocycles. The molecule has 1 heterocycles. The van der Waals surface area contributed by atoms with Gasteiger partial charge in [-0.2, -0.15) is 0 Å². The molecule has 1 aliphatic rings. The first-order chi connectivity index (χ1) is 10.9. The molecule has 0 aromatic heterocycles. The third-order valence-corrected chi connectivity index (χ3v) is 4.59. The number of anilines is 1. The van der Waals surface area contributed by atoms with Crippen molar-refractivity contribution in [3.05, 3.63) is 63.6 Å². The second kappa shape index (κ2) is 5.81. The number of hydrogen-bond acceptors (Lipinski definition) is 3. The normalized spacial score (nSPS) is 19.7. The van der Waals surface area contributed by atoms with Gasteiger partial charge in [0, 0.05) is 10.9 Å². The third-order valence-electron chi connectivity index (χ3n) is 3.94. The minimum Gasteiger partial charge on any atom is -0.445 e. The van der Waals surface area contributed by atoms with Gasteiger partial charge in [0.25, 0.3) is 5.91 Å². The smallest absolute Gasteiger partial charge is 0.339 e. The summed E-state index contributed by atoms with van der Waals surface area (Å²) in [5.41, 5.74) is 1.85. The molecule has 0 radical (unpaired) electrons. The predicted molar refractivity (Wildman–Crippen MR) is 91.5 cm³/mol. The first-order valence-corrected chi connectivity index (χ1v) is 8.07. The highest BCUT2D eigenvalue weighted by atomic mass is 79.9. The van der Waals surface area contributed by atoms with E-state index < -0.39 is 11.6 Å². The Bertz CT molecular complexity index is 803. The molecule has 1 aliphatic heterocycles. The lowest BCUT2D eigenvalue weighted by atomic mass is 9.89. The molecule has 0 fully saturated rings. The SMILES string of the molecule is Cc1ccc(NC(=O)C2(C)Cc3ccccc3C(=O)O2)c(Br)c1. The topological polar surface area (TPSA) is 55.4 Å². The number of hydrogen-bond donors (Lipinski definition) is 1. The highest BCUT2D eigenvalue weighted by molar-refractivity contribution is 9.10. The fourth-order valence-electron chi connectivity index (χ4n) is 2.64. The van der Waals surface area contributed by atoms with Crippen molar-refractivity contribution in [2.75, 3.05) is 5.32 Å². The van der Waals surface area contributed by atoms with E-state index in [-0.39, 0.29) is 5.91 Å². The number of ether oxygens (including phenoxy) is 1. The number of amides is 1. The van der Waals surface area contributed by atoms with Crippen LogP contribution in [0.25, 0.3) is 0 Å². The van der Waals surface area contributed by atoms with Gasteiger partial charge in [0.1, 0.15) is 0 Å². The molecule has 2 aromatic rings. The van der Waals surface area contributed by atoms with Crippen molar-refractivity contribution in [1.82, 2.24) is 0 Å². The summed E-state index contributed by atoms with van der Waals surface area (Å²) < 4.78 is 6.22. The fraction of sp³-hybridized carbons (Fsp3) is 0.222. The number of halogens is 1. The van der Waals surface area contributed by atoms with E-state index >= 15 is 0 Å². The van der Waals surface area contributed by atoms with Crippen molar-refractivity contribution in [3.8, 4) is 0 Å². The van der Waals surface area contributed by atoms with Crippen LogP contribution in [0.2, 0.25) is 0 Å². The molecule has 1 N–H and O–H groups in total. The van der Waals surface area contributed by atoms with E-state index in [1.165, 1.54) is 0 Å². The Morgan fingerprint density at radius 2 is 2.00 bits per heavy atom. The maximum atomic E-state index is 12.7. The number of carbonyl (C=O) groups excluding carboxylic acids is 2. The van der Waals surface area contributed by atoms with Crippen LogP contribution in [0.4, 0.5) is 5.69 Å². The lowest BCUT2D eigenvalue weighted by Gasteiger charge is -2.33. The minimum atomic E-state index is -1.23. The zero-order valence-electron chi connectivity index (χ0n) is 12.9. The van der Waals surface area contributed by atoms with E-state index in [2.05, 4.69) is 21.2 Å². The van der Waals surface area contributed by atoms with E-state index in [9.17, 15) is 9.59 Å². The molecule has 1 amide bonds. The van der Waals surface area contributed by atoms with Gasteiger partial charge in [-0.15, -0.1) is 0 Å². The highest BCUT2D eigenvalue weighted by Gasteiger charge is 2.42. The molecule has 1 atom stereocenters. The van der Waals surface area contributed by atoms with Crippen molar-refractivity contribution < 1.29 is 14.3 Å². The number of aryl methyl sites for hydroxylation is 1. The molecule has 0 spiro atoms. The Morgan fingerprint density at radius 1 is 1.26 bits per heavy atom. The van der Waals surface area contributed by atoms with Gasteiger partial charge in [-0.25, -0.2) is 4.79 Å². The van der Waals surface area contributed by atoms with E-state index in [1.807, 2.05) is 37.3 Å². The van der Waals surface area contributed by atoms with Crippen LogP contribution in [-0.2, 0) is 16.0 Å². The predicted octanol–water partition coefficient (Wildman–Crippen LogP) is 3.87. The van der Waals surface area contributed by atoms with Crippen LogP contribution in [0.5, 0.6) is 0 Å². The summed E-state index contributed by atoms with van der Waals surface area (Å²) in [7, 11) is 0. The maximum Gasteiger partial charge on any atom is 0.339 e. The summed E-state index contributed by atoms with van der Waals surface area (Å²) in [6.45, 7) is 3.61. The Morgan fingerprint density at radius 3 is 2.74 bits per heavy atom. The van der Waals surface area contributed by atoms with Crippen LogP contribution < -0.4 is 5.32 Å². The number of rotatable bonds is 2. The molecule has 5 heteroatoms.